The van der Waals surface area contributed by atoms with E-state index in [0.29, 0.717) is 17.2 Å². The molecule has 2 aliphatic carbocycles. The van der Waals surface area contributed by atoms with Gasteiger partial charge >= 0.3 is 0 Å². The third-order valence-electron chi connectivity index (χ3n) is 4.41. The number of nitrogens with one attached hydrogen (secondary N) is 1. The Morgan fingerprint density at radius 1 is 1.41 bits per heavy atom. The van der Waals surface area contributed by atoms with E-state index in [-0.39, 0.29) is 11.4 Å². The topological polar surface area (TPSA) is 78.9 Å². The first-order valence-corrected chi connectivity index (χ1v) is 7.48. The maximum Gasteiger partial charge on any atom is 0.289 e. The van der Waals surface area contributed by atoms with Gasteiger partial charge < -0.3 is 9.73 Å². The lowest BCUT2D eigenvalue weighted by Crippen LogP contribution is -2.35. The molecule has 1 aromatic heterocycles. The molecule has 1 amide bonds. The van der Waals surface area contributed by atoms with Crippen LogP contribution in [-0.4, -0.2) is 10.9 Å². The molecule has 2 fully saturated rings. The first kappa shape index (κ1) is 13.1. The standard InChI is InChI=1S/C17H15N3O2/c18-9-11-2-1-3-13(8-11)17(6-7-17)20-16(21)15-14(12-4-5-12)19-10-22-15/h1-3,8,10,12H,4-7H2,(H,20,21). The van der Waals surface area contributed by atoms with Gasteiger partial charge in [-0.05, 0) is 43.4 Å². The molecule has 0 spiro atoms. The molecule has 0 aliphatic heterocycles. The minimum atomic E-state index is -0.364. The van der Waals surface area contributed by atoms with Crippen LogP contribution in [0, 0.1) is 11.3 Å². The van der Waals surface area contributed by atoms with Gasteiger partial charge in [-0.25, -0.2) is 4.98 Å². The highest BCUT2D eigenvalue weighted by atomic mass is 16.3. The molecule has 1 aromatic carbocycles. The second kappa shape index (κ2) is 4.70. The van der Waals surface area contributed by atoms with Crippen molar-refractivity contribution in [1.29, 1.82) is 5.26 Å². The van der Waals surface area contributed by atoms with Gasteiger partial charge in [0.1, 0.15) is 0 Å². The second-order valence-corrected chi connectivity index (χ2v) is 6.07. The van der Waals surface area contributed by atoms with Crippen LogP contribution in [-0.2, 0) is 5.54 Å². The summed E-state index contributed by atoms with van der Waals surface area (Å²) in [7, 11) is 0. The Labute approximate surface area is 128 Å². The average molecular weight is 293 g/mol. The lowest BCUT2D eigenvalue weighted by molar-refractivity contribution is 0.0901. The van der Waals surface area contributed by atoms with Crippen LogP contribution in [0.4, 0.5) is 0 Å². The van der Waals surface area contributed by atoms with Crippen LogP contribution in [0.15, 0.2) is 35.1 Å². The Kier molecular flexibility index (Phi) is 2.80. The Hall–Kier alpha value is -2.61. The molecule has 5 nitrogen and oxygen atoms in total. The molecule has 22 heavy (non-hydrogen) atoms. The van der Waals surface area contributed by atoms with E-state index in [9.17, 15) is 4.79 Å². The average Bonchev–Trinajstić information content (AvgIpc) is 3.48. The van der Waals surface area contributed by atoms with Crippen molar-refractivity contribution in [3.8, 4) is 6.07 Å². The van der Waals surface area contributed by atoms with Crippen LogP contribution >= 0.6 is 0 Å². The van der Waals surface area contributed by atoms with Gasteiger partial charge in [0, 0.05) is 5.92 Å². The number of oxazole rings is 1. The van der Waals surface area contributed by atoms with Crippen LogP contribution in [0.5, 0.6) is 0 Å². The third kappa shape index (κ3) is 2.17. The fraction of sp³-hybridized carbons (Fsp3) is 0.353. The van der Waals surface area contributed by atoms with Gasteiger partial charge in [-0.15, -0.1) is 0 Å². The van der Waals surface area contributed by atoms with Gasteiger partial charge in [0.15, 0.2) is 6.39 Å². The zero-order chi connectivity index (χ0) is 15.2. The zero-order valence-corrected chi connectivity index (χ0v) is 12.0. The summed E-state index contributed by atoms with van der Waals surface area (Å²) < 4.78 is 5.31. The largest absolute Gasteiger partial charge is 0.438 e. The molecule has 0 unspecified atom stereocenters. The van der Waals surface area contributed by atoms with Crippen molar-refractivity contribution in [1.82, 2.24) is 10.3 Å². The molecule has 2 saturated carbocycles. The highest BCUT2D eigenvalue weighted by Gasteiger charge is 2.47. The molecule has 0 radical (unpaired) electrons. The van der Waals surface area contributed by atoms with E-state index in [1.165, 1.54) is 6.39 Å². The summed E-state index contributed by atoms with van der Waals surface area (Å²) in [5, 5.41) is 12.1. The molecular weight excluding hydrogens is 278 g/mol. The normalized spacial score (nSPS) is 18.5. The summed E-state index contributed by atoms with van der Waals surface area (Å²) >= 11 is 0. The molecule has 2 aromatic rings. The molecule has 5 heteroatoms. The number of aromatic nitrogens is 1. The fourth-order valence-corrected chi connectivity index (χ4v) is 2.84. The summed E-state index contributed by atoms with van der Waals surface area (Å²) in [6.45, 7) is 0. The quantitative estimate of drug-likeness (QED) is 0.940. The van der Waals surface area contributed by atoms with Crippen molar-refractivity contribution in [2.24, 2.45) is 0 Å². The first-order valence-electron chi connectivity index (χ1n) is 7.48. The number of amides is 1. The van der Waals surface area contributed by atoms with Gasteiger partial charge in [-0.1, -0.05) is 12.1 Å². The molecule has 2 aliphatic rings. The summed E-state index contributed by atoms with van der Waals surface area (Å²) in [5.74, 6) is 0.501. The Morgan fingerprint density at radius 3 is 2.91 bits per heavy atom. The maximum absolute atomic E-state index is 12.5. The van der Waals surface area contributed by atoms with Crippen molar-refractivity contribution < 1.29 is 9.21 Å². The van der Waals surface area contributed by atoms with E-state index in [2.05, 4.69) is 16.4 Å². The number of benzene rings is 1. The smallest absolute Gasteiger partial charge is 0.289 e. The number of nitriles is 1. The number of rotatable bonds is 4. The minimum absolute atomic E-state index is 0.209. The Bertz CT molecular complexity index is 779. The highest BCUT2D eigenvalue weighted by molar-refractivity contribution is 5.93. The molecular formula is C17H15N3O2. The predicted molar refractivity (Wildman–Crippen MR) is 78.0 cm³/mol. The van der Waals surface area contributed by atoms with Crippen LogP contribution in [0.1, 0.15) is 59.0 Å². The van der Waals surface area contributed by atoms with E-state index in [0.717, 1.165) is 36.9 Å². The SMILES string of the molecule is N#Cc1cccc(C2(NC(=O)c3ocnc3C3CC3)CC2)c1. The fourth-order valence-electron chi connectivity index (χ4n) is 2.84. The van der Waals surface area contributed by atoms with E-state index in [4.69, 9.17) is 9.68 Å². The second-order valence-electron chi connectivity index (χ2n) is 6.07. The van der Waals surface area contributed by atoms with Crippen molar-refractivity contribution in [3.63, 3.8) is 0 Å². The number of hydrogen-bond donors (Lipinski definition) is 1. The van der Waals surface area contributed by atoms with E-state index >= 15 is 0 Å². The summed E-state index contributed by atoms with van der Waals surface area (Å²) in [5.41, 5.74) is 2.00. The van der Waals surface area contributed by atoms with Crippen molar-refractivity contribution in [3.05, 3.63) is 53.2 Å². The van der Waals surface area contributed by atoms with Gasteiger partial charge in [0.05, 0.1) is 22.9 Å². The first-order chi connectivity index (χ1) is 10.7. The molecule has 0 saturated heterocycles. The summed E-state index contributed by atoms with van der Waals surface area (Å²) in [4.78, 5) is 16.7. The van der Waals surface area contributed by atoms with Crippen LogP contribution in [0.3, 0.4) is 0 Å². The number of hydrogen-bond acceptors (Lipinski definition) is 4. The molecule has 4 rings (SSSR count). The monoisotopic (exact) mass is 293 g/mol. The van der Waals surface area contributed by atoms with E-state index < -0.39 is 0 Å². The van der Waals surface area contributed by atoms with E-state index in [1.54, 1.807) is 6.07 Å². The Morgan fingerprint density at radius 2 is 2.23 bits per heavy atom. The Balaban J connectivity index is 1.58. The molecule has 1 N–H and O–H groups in total. The highest BCUT2D eigenvalue weighted by Crippen LogP contribution is 2.46. The molecule has 1 heterocycles. The minimum Gasteiger partial charge on any atom is -0.438 e. The zero-order valence-electron chi connectivity index (χ0n) is 12.0. The van der Waals surface area contributed by atoms with Crippen molar-refractivity contribution >= 4 is 5.91 Å². The van der Waals surface area contributed by atoms with Gasteiger partial charge in [-0.2, -0.15) is 5.26 Å². The molecule has 0 atom stereocenters. The van der Waals surface area contributed by atoms with Crippen molar-refractivity contribution in [2.75, 3.05) is 0 Å². The van der Waals surface area contributed by atoms with Gasteiger partial charge in [-0.3, -0.25) is 4.79 Å². The van der Waals surface area contributed by atoms with Crippen LogP contribution in [0.25, 0.3) is 0 Å². The van der Waals surface area contributed by atoms with Crippen molar-refractivity contribution in [2.45, 2.75) is 37.1 Å². The number of carbonyl (C=O) groups is 1. The molecule has 0 bridgehead atoms. The van der Waals surface area contributed by atoms with Gasteiger partial charge in [0.25, 0.3) is 5.91 Å². The maximum atomic E-state index is 12.5. The summed E-state index contributed by atoms with van der Waals surface area (Å²) in [6, 6.07) is 9.55. The van der Waals surface area contributed by atoms with Crippen LogP contribution in [0.2, 0.25) is 0 Å². The van der Waals surface area contributed by atoms with Gasteiger partial charge in [0.2, 0.25) is 5.76 Å². The lowest BCUT2D eigenvalue weighted by Gasteiger charge is -2.17. The van der Waals surface area contributed by atoms with E-state index in [1.807, 2.05) is 18.2 Å². The predicted octanol–water partition coefficient (Wildman–Crippen LogP) is 2.84. The molecule has 110 valence electrons. The van der Waals surface area contributed by atoms with Crippen LogP contribution < -0.4 is 5.32 Å². The third-order valence-corrected chi connectivity index (χ3v) is 4.41. The summed E-state index contributed by atoms with van der Waals surface area (Å²) in [6.07, 6.45) is 5.24. The number of nitrogens with zero attached hydrogens (tertiary/aromatic N) is 2. The lowest BCUT2D eigenvalue weighted by atomic mass is 10.0. The number of carbonyl (C=O) groups excluding carboxylic acids is 1.